The van der Waals surface area contributed by atoms with Crippen molar-refractivity contribution >= 4 is 0 Å². The van der Waals surface area contributed by atoms with Crippen molar-refractivity contribution in [3.63, 3.8) is 0 Å². The van der Waals surface area contributed by atoms with Gasteiger partial charge < -0.3 is 4.90 Å². The van der Waals surface area contributed by atoms with Gasteiger partial charge in [0.25, 0.3) is 0 Å². The molecule has 1 aliphatic rings. The molecule has 1 rings (SSSR count). The van der Waals surface area contributed by atoms with E-state index >= 15 is 0 Å². The van der Waals surface area contributed by atoms with E-state index in [1.807, 2.05) is 0 Å². The lowest BCUT2D eigenvalue weighted by Gasteiger charge is -2.29. The molecule has 1 aliphatic heterocycles. The summed E-state index contributed by atoms with van der Waals surface area (Å²) < 4.78 is 0. The van der Waals surface area contributed by atoms with Gasteiger partial charge in [-0.25, -0.2) is 0 Å². The van der Waals surface area contributed by atoms with Gasteiger partial charge in [-0.1, -0.05) is 25.5 Å². The SMILES string of the molecule is CC=C1CCN(CC(C)C)CC1. The fourth-order valence-electron chi connectivity index (χ4n) is 1.83. The number of nitrogens with zero attached hydrogens (tertiary/aromatic N) is 1. The van der Waals surface area contributed by atoms with E-state index in [0.717, 1.165) is 5.92 Å². The van der Waals surface area contributed by atoms with Gasteiger partial charge in [-0.2, -0.15) is 0 Å². The van der Waals surface area contributed by atoms with Crippen LogP contribution >= 0.6 is 0 Å². The highest BCUT2D eigenvalue weighted by molar-refractivity contribution is 5.03. The first-order valence-electron chi connectivity index (χ1n) is 5.08. The van der Waals surface area contributed by atoms with Crippen LogP contribution in [0.15, 0.2) is 11.6 Å². The van der Waals surface area contributed by atoms with Gasteiger partial charge in [-0.05, 0) is 25.7 Å². The molecule has 0 amide bonds. The van der Waals surface area contributed by atoms with Crippen LogP contribution < -0.4 is 0 Å². The Morgan fingerprint density at radius 1 is 1.33 bits per heavy atom. The van der Waals surface area contributed by atoms with Gasteiger partial charge in [0.1, 0.15) is 0 Å². The van der Waals surface area contributed by atoms with Crippen LogP contribution in [0.2, 0.25) is 0 Å². The van der Waals surface area contributed by atoms with Crippen LogP contribution in [0.5, 0.6) is 0 Å². The lowest BCUT2D eigenvalue weighted by atomic mass is 10.0. The number of rotatable bonds is 2. The van der Waals surface area contributed by atoms with Crippen molar-refractivity contribution in [1.29, 1.82) is 0 Å². The number of hydrogen-bond acceptors (Lipinski definition) is 1. The summed E-state index contributed by atoms with van der Waals surface area (Å²) in [5, 5.41) is 0. The second kappa shape index (κ2) is 4.66. The molecular weight excluding hydrogens is 146 g/mol. The minimum absolute atomic E-state index is 0.817. The van der Waals surface area contributed by atoms with Crippen LogP contribution in [0.4, 0.5) is 0 Å². The van der Waals surface area contributed by atoms with Gasteiger partial charge in [-0.3, -0.25) is 0 Å². The molecule has 0 unspecified atom stereocenters. The Balaban J connectivity index is 2.26. The minimum Gasteiger partial charge on any atom is -0.302 e. The van der Waals surface area contributed by atoms with Crippen LogP contribution in [-0.2, 0) is 0 Å². The van der Waals surface area contributed by atoms with Crippen molar-refractivity contribution in [2.75, 3.05) is 19.6 Å². The topological polar surface area (TPSA) is 3.24 Å². The molecule has 70 valence electrons. The molecule has 0 aromatic rings. The molecular formula is C11H21N. The van der Waals surface area contributed by atoms with E-state index in [2.05, 4.69) is 31.7 Å². The lowest BCUT2D eigenvalue weighted by Crippen LogP contribution is -2.33. The van der Waals surface area contributed by atoms with Crippen molar-refractivity contribution in [3.8, 4) is 0 Å². The number of likely N-dealkylation sites (tertiary alicyclic amines) is 1. The molecule has 0 aromatic carbocycles. The van der Waals surface area contributed by atoms with Gasteiger partial charge in [0.2, 0.25) is 0 Å². The third-order valence-corrected chi connectivity index (χ3v) is 2.53. The molecule has 1 heteroatoms. The minimum atomic E-state index is 0.817. The first-order valence-corrected chi connectivity index (χ1v) is 5.08. The largest absolute Gasteiger partial charge is 0.302 e. The summed E-state index contributed by atoms with van der Waals surface area (Å²) in [5.74, 6) is 0.817. The standard InChI is InChI=1S/C11H21N/c1-4-11-5-7-12(8-6-11)9-10(2)3/h4,10H,5-9H2,1-3H3. The Morgan fingerprint density at radius 3 is 2.33 bits per heavy atom. The number of piperidine rings is 1. The van der Waals surface area contributed by atoms with Crippen molar-refractivity contribution in [2.24, 2.45) is 5.92 Å². The summed E-state index contributed by atoms with van der Waals surface area (Å²) in [5.41, 5.74) is 1.65. The van der Waals surface area contributed by atoms with E-state index in [4.69, 9.17) is 0 Å². The van der Waals surface area contributed by atoms with Crippen LogP contribution in [-0.4, -0.2) is 24.5 Å². The fourth-order valence-corrected chi connectivity index (χ4v) is 1.83. The maximum Gasteiger partial charge on any atom is 0.00188 e. The average molecular weight is 167 g/mol. The molecule has 1 fully saturated rings. The molecule has 0 saturated carbocycles. The summed E-state index contributed by atoms with van der Waals surface area (Å²) in [6.07, 6.45) is 4.87. The van der Waals surface area contributed by atoms with Crippen molar-refractivity contribution < 1.29 is 0 Å². The Morgan fingerprint density at radius 2 is 1.92 bits per heavy atom. The molecule has 0 bridgehead atoms. The molecule has 0 atom stereocenters. The Kier molecular flexibility index (Phi) is 3.80. The average Bonchev–Trinajstić information content (AvgIpc) is 2.05. The number of allylic oxidation sites excluding steroid dienone is 1. The molecule has 1 nitrogen and oxygen atoms in total. The van der Waals surface area contributed by atoms with Crippen LogP contribution in [0, 0.1) is 5.92 Å². The zero-order valence-electron chi connectivity index (χ0n) is 8.64. The monoisotopic (exact) mass is 167 g/mol. The van der Waals surface area contributed by atoms with Gasteiger partial charge in [0, 0.05) is 19.6 Å². The van der Waals surface area contributed by atoms with E-state index in [1.165, 1.54) is 32.5 Å². The smallest absolute Gasteiger partial charge is 0.00188 e. The van der Waals surface area contributed by atoms with E-state index in [9.17, 15) is 0 Å². The summed E-state index contributed by atoms with van der Waals surface area (Å²) in [6, 6.07) is 0. The van der Waals surface area contributed by atoms with E-state index in [0.29, 0.717) is 0 Å². The second-order valence-corrected chi connectivity index (χ2v) is 4.14. The lowest BCUT2D eigenvalue weighted by molar-refractivity contribution is 0.229. The Bertz CT molecular complexity index is 148. The van der Waals surface area contributed by atoms with Gasteiger partial charge >= 0.3 is 0 Å². The van der Waals surface area contributed by atoms with Gasteiger partial charge in [-0.15, -0.1) is 0 Å². The quantitative estimate of drug-likeness (QED) is 0.572. The Hall–Kier alpha value is -0.300. The highest BCUT2D eigenvalue weighted by atomic mass is 15.1. The summed E-state index contributed by atoms with van der Waals surface area (Å²) >= 11 is 0. The fraction of sp³-hybridized carbons (Fsp3) is 0.818. The predicted octanol–water partition coefficient (Wildman–Crippen LogP) is 2.68. The first-order chi connectivity index (χ1) is 5.72. The molecule has 0 aromatic heterocycles. The first kappa shape index (κ1) is 9.79. The third kappa shape index (κ3) is 2.98. The van der Waals surface area contributed by atoms with Crippen molar-refractivity contribution in [3.05, 3.63) is 11.6 Å². The van der Waals surface area contributed by atoms with Crippen LogP contribution in [0.3, 0.4) is 0 Å². The molecule has 0 aliphatic carbocycles. The summed E-state index contributed by atoms with van der Waals surface area (Å²) in [6.45, 7) is 10.6. The van der Waals surface area contributed by atoms with Crippen molar-refractivity contribution in [1.82, 2.24) is 4.90 Å². The highest BCUT2D eigenvalue weighted by Gasteiger charge is 2.13. The summed E-state index contributed by atoms with van der Waals surface area (Å²) in [7, 11) is 0. The van der Waals surface area contributed by atoms with Gasteiger partial charge in [0.15, 0.2) is 0 Å². The molecule has 0 radical (unpaired) electrons. The zero-order chi connectivity index (χ0) is 8.97. The van der Waals surface area contributed by atoms with Crippen molar-refractivity contribution in [2.45, 2.75) is 33.6 Å². The third-order valence-electron chi connectivity index (χ3n) is 2.53. The molecule has 0 N–H and O–H groups in total. The molecule has 0 spiro atoms. The van der Waals surface area contributed by atoms with Crippen LogP contribution in [0.1, 0.15) is 33.6 Å². The van der Waals surface area contributed by atoms with Gasteiger partial charge in [0.05, 0.1) is 0 Å². The van der Waals surface area contributed by atoms with Crippen LogP contribution in [0.25, 0.3) is 0 Å². The molecule has 1 saturated heterocycles. The predicted molar refractivity (Wildman–Crippen MR) is 54.3 cm³/mol. The maximum atomic E-state index is 2.58. The highest BCUT2D eigenvalue weighted by Crippen LogP contribution is 2.16. The van der Waals surface area contributed by atoms with E-state index < -0.39 is 0 Å². The Labute approximate surface area is 76.5 Å². The summed E-state index contributed by atoms with van der Waals surface area (Å²) in [4.78, 5) is 2.58. The maximum absolute atomic E-state index is 2.58. The normalized spacial score (nSPS) is 20.2. The van der Waals surface area contributed by atoms with E-state index in [-0.39, 0.29) is 0 Å². The molecule has 1 heterocycles. The van der Waals surface area contributed by atoms with E-state index in [1.54, 1.807) is 5.57 Å². The zero-order valence-corrected chi connectivity index (χ0v) is 8.64. The second-order valence-electron chi connectivity index (χ2n) is 4.14. The molecule has 12 heavy (non-hydrogen) atoms. The number of hydrogen-bond donors (Lipinski definition) is 0.